The second-order valence-corrected chi connectivity index (χ2v) is 6.27. The molecular weight excluding hydrogens is 280 g/mol. The van der Waals surface area contributed by atoms with E-state index in [1.54, 1.807) is 18.9 Å². The van der Waals surface area contributed by atoms with Gasteiger partial charge in [0.05, 0.1) is 12.4 Å². The highest BCUT2D eigenvalue weighted by atomic mass is 32.2. The van der Waals surface area contributed by atoms with Crippen LogP contribution in [0.25, 0.3) is 0 Å². The number of hydrogen-bond acceptors (Lipinski definition) is 3. The highest BCUT2D eigenvalue weighted by molar-refractivity contribution is 8.00. The predicted octanol–water partition coefficient (Wildman–Crippen LogP) is 4.62. The first kappa shape index (κ1) is 15.6. The zero-order valence-electron chi connectivity index (χ0n) is 12.6. The summed E-state index contributed by atoms with van der Waals surface area (Å²) in [7, 11) is 1.65. The molecule has 0 bridgehead atoms. The number of carbonyl (C=O) groups excluding carboxylic acids is 1. The van der Waals surface area contributed by atoms with E-state index in [9.17, 15) is 4.79 Å². The van der Waals surface area contributed by atoms with E-state index in [1.807, 2.05) is 55.5 Å². The molecule has 0 saturated heterocycles. The topological polar surface area (TPSA) is 26.3 Å². The molecule has 0 saturated carbocycles. The number of benzene rings is 2. The first-order chi connectivity index (χ1) is 10.1. The second kappa shape index (κ2) is 7.32. The molecule has 2 rings (SSSR count). The zero-order chi connectivity index (χ0) is 15.2. The Hall–Kier alpha value is -1.74. The third-order valence-corrected chi connectivity index (χ3v) is 4.46. The van der Waals surface area contributed by atoms with Gasteiger partial charge in [0, 0.05) is 10.5 Å². The van der Waals surface area contributed by atoms with Crippen LogP contribution in [0.3, 0.4) is 0 Å². The Balaban J connectivity index is 2.07. The number of ketones is 1. The van der Waals surface area contributed by atoms with Gasteiger partial charge < -0.3 is 4.74 Å². The monoisotopic (exact) mass is 300 g/mol. The third kappa shape index (κ3) is 4.11. The molecule has 0 radical (unpaired) electrons. The summed E-state index contributed by atoms with van der Waals surface area (Å²) in [4.78, 5) is 13.5. The van der Waals surface area contributed by atoms with Gasteiger partial charge >= 0.3 is 0 Å². The van der Waals surface area contributed by atoms with Gasteiger partial charge in [-0.1, -0.05) is 37.3 Å². The predicted molar refractivity (Wildman–Crippen MR) is 88.5 cm³/mol. The van der Waals surface area contributed by atoms with E-state index in [2.05, 4.69) is 6.92 Å². The molecule has 3 heteroatoms. The molecule has 110 valence electrons. The normalized spacial score (nSPS) is 12.0. The van der Waals surface area contributed by atoms with Crippen LogP contribution in [0, 0.1) is 0 Å². The van der Waals surface area contributed by atoms with Crippen molar-refractivity contribution < 1.29 is 9.53 Å². The van der Waals surface area contributed by atoms with Crippen LogP contribution in [0.4, 0.5) is 0 Å². The number of ether oxygens (including phenoxy) is 1. The number of carbonyl (C=O) groups is 1. The minimum atomic E-state index is -0.121. The Morgan fingerprint density at radius 1 is 1.19 bits per heavy atom. The molecule has 0 amide bonds. The molecule has 0 aliphatic heterocycles. The highest BCUT2D eigenvalue weighted by Crippen LogP contribution is 2.28. The van der Waals surface area contributed by atoms with E-state index in [0.717, 1.165) is 22.6 Å². The van der Waals surface area contributed by atoms with Crippen molar-refractivity contribution in [3.05, 3.63) is 59.7 Å². The van der Waals surface area contributed by atoms with Gasteiger partial charge in [0.1, 0.15) is 5.75 Å². The van der Waals surface area contributed by atoms with Crippen LogP contribution < -0.4 is 4.74 Å². The average Bonchev–Trinajstić information content (AvgIpc) is 2.54. The van der Waals surface area contributed by atoms with Crippen LogP contribution >= 0.6 is 11.8 Å². The second-order valence-electron chi connectivity index (χ2n) is 4.85. The lowest BCUT2D eigenvalue weighted by Gasteiger charge is -2.11. The molecule has 2 aromatic carbocycles. The van der Waals surface area contributed by atoms with Crippen LogP contribution in [-0.2, 0) is 6.42 Å². The summed E-state index contributed by atoms with van der Waals surface area (Å²) < 4.78 is 5.21. The van der Waals surface area contributed by atoms with Crippen LogP contribution in [0.5, 0.6) is 5.75 Å². The minimum Gasteiger partial charge on any atom is -0.497 e. The molecule has 2 nitrogen and oxygen atoms in total. The van der Waals surface area contributed by atoms with E-state index in [0.29, 0.717) is 0 Å². The maximum Gasteiger partial charge on any atom is 0.175 e. The number of thioether (sulfide) groups is 1. The van der Waals surface area contributed by atoms with E-state index in [-0.39, 0.29) is 11.0 Å². The summed E-state index contributed by atoms with van der Waals surface area (Å²) in [5.41, 5.74) is 2.02. The van der Waals surface area contributed by atoms with Gasteiger partial charge in [0.15, 0.2) is 5.78 Å². The summed E-state index contributed by atoms with van der Waals surface area (Å²) in [6, 6.07) is 15.7. The first-order valence-electron chi connectivity index (χ1n) is 7.08. The average molecular weight is 300 g/mol. The van der Waals surface area contributed by atoms with E-state index < -0.39 is 0 Å². The van der Waals surface area contributed by atoms with Crippen molar-refractivity contribution in [1.82, 2.24) is 0 Å². The summed E-state index contributed by atoms with van der Waals surface area (Å²) >= 11 is 1.56. The third-order valence-electron chi connectivity index (χ3n) is 3.37. The first-order valence-corrected chi connectivity index (χ1v) is 7.96. The number of hydrogen-bond donors (Lipinski definition) is 0. The van der Waals surface area contributed by atoms with Crippen LogP contribution in [0.15, 0.2) is 53.4 Å². The van der Waals surface area contributed by atoms with Crippen molar-refractivity contribution in [3.8, 4) is 5.75 Å². The maximum atomic E-state index is 12.5. The van der Waals surface area contributed by atoms with Gasteiger partial charge in [0.2, 0.25) is 0 Å². The fraction of sp³-hybridized carbons (Fsp3) is 0.278. The summed E-state index contributed by atoms with van der Waals surface area (Å²) in [6.45, 7) is 4.05. The van der Waals surface area contributed by atoms with E-state index >= 15 is 0 Å². The molecule has 0 heterocycles. The molecule has 0 aliphatic rings. The molecule has 0 spiro atoms. The number of aryl methyl sites for hydroxylation is 1. The summed E-state index contributed by atoms with van der Waals surface area (Å²) in [6.07, 6.45) is 0.989. The van der Waals surface area contributed by atoms with Gasteiger partial charge in [0.25, 0.3) is 0 Å². The fourth-order valence-corrected chi connectivity index (χ4v) is 3.06. The molecule has 0 aliphatic carbocycles. The highest BCUT2D eigenvalue weighted by Gasteiger charge is 2.16. The van der Waals surface area contributed by atoms with Gasteiger partial charge in [-0.25, -0.2) is 0 Å². The van der Waals surface area contributed by atoms with E-state index in [1.165, 1.54) is 5.56 Å². The molecule has 0 N–H and O–H groups in total. The van der Waals surface area contributed by atoms with Crippen molar-refractivity contribution in [3.63, 3.8) is 0 Å². The van der Waals surface area contributed by atoms with Crippen LogP contribution in [-0.4, -0.2) is 18.1 Å². The lowest BCUT2D eigenvalue weighted by Crippen LogP contribution is -2.13. The van der Waals surface area contributed by atoms with Crippen LogP contribution in [0.1, 0.15) is 29.8 Å². The smallest absolute Gasteiger partial charge is 0.175 e. The molecule has 1 unspecified atom stereocenters. The standard InChI is InChI=1S/C18H20O2S/c1-4-14-8-10-15(11-9-14)18(19)13(2)21-17-7-5-6-16(12-17)20-3/h5-13H,4H2,1-3H3. The largest absolute Gasteiger partial charge is 0.497 e. The summed E-state index contributed by atoms with van der Waals surface area (Å²) in [5, 5.41) is -0.121. The molecular formula is C18H20O2S. The Labute approximate surface area is 130 Å². The van der Waals surface area contributed by atoms with Crippen molar-refractivity contribution in [2.75, 3.05) is 7.11 Å². The minimum absolute atomic E-state index is 0.121. The molecule has 2 aromatic rings. The molecule has 21 heavy (non-hydrogen) atoms. The van der Waals surface area contributed by atoms with Crippen molar-refractivity contribution in [2.45, 2.75) is 30.4 Å². The summed E-state index contributed by atoms with van der Waals surface area (Å²) in [5.74, 6) is 0.970. The Morgan fingerprint density at radius 2 is 1.90 bits per heavy atom. The number of methoxy groups -OCH3 is 1. The Kier molecular flexibility index (Phi) is 5.45. The van der Waals surface area contributed by atoms with Crippen molar-refractivity contribution in [1.29, 1.82) is 0 Å². The zero-order valence-corrected chi connectivity index (χ0v) is 13.4. The molecule has 0 fully saturated rings. The van der Waals surface area contributed by atoms with Gasteiger partial charge in [-0.15, -0.1) is 11.8 Å². The van der Waals surface area contributed by atoms with Crippen molar-refractivity contribution in [2.24, 2.45) is 0 Å². The van der Waals surface area contributed by atoms with Gasteiger partial charge in [-0.3, -0.25) is 4.79 Å². The lowest BCUT2D eigenvalue weighted by atomic mass is 10.1. The van der Waals surface area contributed by atoms with E-state index in [4.69, 9.17) is 4.74 Å². The lowest BCUT2D eigenvalue weighted by molar-refractivity contribution is 0.0994. The Morgan fingerprint density at radius 3 is 2.52 bits per heavy atom. The Bertz CT molecular complexity index is 605. The molecule has 1 atom stereocenters. The van der Waals surface area contributed by atoms with Crippen LogP contribution in [0.2, 0.25) is 0 Å². The SMILES string of the molecule is CCc1ccc(C(=O)C(C)Sc2cccc(OC)c2)cc1. The molecule has 0 aromatic heterocycles. The number of rotatable bonds is 6. The van der Waals surface area contributed by atoms with Crippen molar-refractivity contribution >= 4 is 17.5 Å². The van der Waals surface area contributed by atoms with Gasteiger partial charge in [-0.2, -0.15) is 0 Å². The maximum absolute atomic E-state index is 12.5. The van der Waals surface area contributed by atoms with Gasteiger partial charge in [-0.05, 0) is 37.1 Å². The number of Topliss-reactive ketones (excluding diaryl/α,β-unsaturated/α-hetero) is 1. The quantitative estimate of drug-likeness (QED) is 0.575. The fourth-order valence-electron chi connectivity index (χ4n) is 2.07.